The number of rotatable bonds is 1. The van der Waals surface area contributed by atoms with Crippen LogP contribution in [0.1, 0.15) is 15.9 Å². The Morgan fingerprint density at radius 3 is 2.55 bits per heavy atom. The van der Waals surface area contributed by atoms with E-state index in [-0.39, 0.29) is 5.56 Å². The molecular formula is C8H6FO2-. The first kappa shape index (κ1) is 7.72. The van der Waals surface area contributed by atoms with Gasteiger partial charge in [0.25, 0.3) is 0 Å². The third-order valence-corrected chi connectivity index (χ3v) is 1.28. The lowest BCUT2D eigenvalue weighted by Gasteiger charge is -2.02. The van der Waals surface area contributed by atoms with Crippen molar-refractivity contribution < 1.29 is 14.3 Å². The Labute approximate surface area is 63.3 Å². The highest BCUT2D eigenvalue weighted by Crippen LogP contribution is 2.06. The highest BCUT2D eigenvalue weighted by Gasteiger charge is 1.97. The number of hydrogen-bond acceptors (Lipinski definition) is 2. The molecule has 1 aromatic carbocycles. The zero-order chi connectivity index (χ0) is 8.43. The molecule has 0 aliphatic rings. The van der Waals surface area contributed by atoms with Crippen LogP contribution in [0.5, 0.6) is 0 Å². The van der Waals surface area contributed by atoms with E-state index in [0.717, 1.165) is 6.07 Å². The molecule has 0 aromatic heterocycles. The second-order valence-corrected chi connectivity index (χ2v) is 2.30. The van der Waals surface area contributed by atoms with Crippen LogP contribution in [0.25, 0.3) is 0 Å². The Bertz CT molecular complexity index is 274. The van der Waals surface area contributed by atoms with Crippen molar-refractivity contribution in [3.05, 3.63) is 35.1 Å². The molecule has 0 aliphatic carbocycles. The summed E-state index contributed by atoms with van der Waals surface area (Å²) in [6.45, 7) is 1.62. The second kappa shape index (κ2) is 2.70. The maximum atomic E-state index is 12.5. The van der Waals surface area contributed by atoms with E-state index in [9.17, 15) is 14.3 Å². The summed E-state index contributed by atoms with van der Waals surface area (Å²) in [5.41, 5.74) is 0.451. The maximum Gasteiger partial charge on any atom is 0.124 e. The van der Waals surface area contributed by atoms with Crippen molar-refractivity contribution in [2.45, 2.75) is 6.92 Å². The molecule has 0 fully saturated rings. The number of benzene rings is 1. The molecule has 11 heavy (non-hydrogen) atoms. The molecule has 0 bridgehead atoms. The van der Waals surface area contributed by atoms with Gasteiger partial charge >= 0.3 is 0 Å². The normalized spacial score (nSPS) is 9.64. The van der Waals surface area contributed by atoms with Crippen LogP contribution >= 0.6 is 0 Å². The Morgan fingerprint density at radius 1 is 1.45 bits per heavy atom. The van der Waals surface area contributed by atoms with Crippen LogP contribution in [0.4, 0.5) is 4.39 Å². The third-order valence-electron chi connectivity index (χ3n) is 1.28. The first-order valence-corrected chi connectivity index (χ1v) is 3.08. The van der Waals surface area contributed by atoms with Crippen molar-refractivity contribution in [1.82, 2.24) is 0 Å². The molecule has 0 heterocycles. The van der Waals surface area contributed by atoms with Gasteiger partial charge in [0.2, 0.25) is 0 Å². The number of aromatic carboxylic acids is 1. The van der Waals surface area contributed by atoms with Gasteiger partial charge < -0.3 is 9.90 Å². The van der Waals surface area contributed by atoms with Gasteiger partial charge in [-0.2, -0.15) is 0 Å². The van der Waals surface area contributed by atoms with E-state index in [2.05, 4.69) is 0 Å². The fourth-order valence-corrected chi connectivity index (χ4v) is 0.854. The van der Waals surface area contributed by atoms with Gasteiger partial charge in [0, 0.05) is 5.56 Å². The topological polar surface area (TPSA) is 40.1 Å². The largest absolute Gasteiger partial charge is 0.545 e. The number of carbonyl (C=O) groups excluding carboxylic acids is 1. The monoisotopic (exact) mass is 153 g/mol. The van der Waals surface area contributed by atoms with E-state index in [1.165, 1.54) is 12.1 Å². The Morgan fingerprint density at radius 2 is 2.09 bits per heavy atom. The van der Waals surface area contributed by atoms with E-state index in [1.54, 1.807) is 6.92 Å². The molecule has 3 heteroatoms. The quantitative estimate of drug-likeness (QED) is 0.589. The smallest absolute Gasteiger partial charge is 0.124 e. The molecule has 1 rings (SSSR count). The number of carbonyl (C=O) groups is 1. The van der Waals surface area contributed by atoms with Gasteiger partial charge in [0.15, 0.2) is 0 Å². The summed E-state index contributed by atoms with van der Waals surface area (Å²) >= 11 is 0. The van der Waals surface area contributed by atoms with Gasteiger partial charge in [-0.05, 0) is 24.6 Å². The number of aryl methyl sites for hydroxylation is 1. The van der Waals surface area contributed by atoms with Crippen LogP contribution < -0.4 is 5.11 Å². The zero-order valence-electron chi connectivity index (χ0n) is 5.93. The molecule has 0 unspecified atom stereocenters. The SMILES string of the molecule is Cc1cc(F)cc(C(=O)[O-])c1. The Kier molecular flexibility index (Phi) is 1.89. The van der Waals surface area contributed by atoms with E-state index in [4.69, 9.17) is 0 Å². The lowest BCUT2D eigenvalue weighted by Crippen LogP contribution is -2.22. The number of carboxylic acid groups (broad SMARTS) is 1. The van der Waals surface area contributed by atoms with Gasteiger partial charge in [-0.3, -0.25) is 0 Å². The molecule has 58 valence electrons. The van der Waals surface area contributed by atoms with Gasteiger partial charge in [0.1, 0.15) is 5.82 Å². The summed E-state index contributed by atoms with van der Waals surface area (Å²) < 4.78 is 12.5. The van der Waals surface area contributed by atoms with E-state index in [0.29, 0.717) is 5.56 Å². The predicted molar refractivity (Wildman–Crippen MR) is 35.5 cm³/mol. The summed E-state index contributed by atoms with van der Waals surface area (Å²) in [6.07, 6.45) is 0. The standard InChI is InChI=1S/C8H7FO2/c1-5-2-6(8(10)11)4-7(9)3-5/h2-4H,1H3,(H,10,11)/p-1. The predicted octanol–water partition coefficient (Wildman–Crippen LogP) is 0.498. The Hall–Kier alpha value is -1.38. The van der Waals surface area contributed by atoms with Crippen molar-refractivity contribution >= 4 is 5.97 Å². The molecule has 2 nitrogen and oxygen atoms in total. The molecule has 0 saturated carbocycles. The minimum atomic E-state index is -1.35. The Balaban J connectivity index is 3.19. The van der Waals surface area contributed by atoms with Crippen LogP contribution in [0.2, 0.25) is 0 Å². The maximum absolute atomic E-state index is 12.5. The lowest BCUT2D eigenvalue weighted by molar-refractivity contribution is -0.255. The molecule has 0 spiro atoms. The summed E-state index contributed by atoms with van der Waals surface area (Å²) in [4.78, 5) is 10.2. The van der Waals surface area contributed by atoms with Crippen LogP contribution in [-0.2, 0) is 0 Å². The molecule has 1 aromatic rings. The van der Waals surface area contributed by atoms with Crippen LogP contribution in [0, 0.1) is 12.7 Å². The number of halogens is 1. The molecular weight excluding hydrogens is 147 g/mol. The van der Waals surface area contributed by atoms with Crippen LogP contribution in [-0.4, -0.2) is 5.97 Å². The van der Waals surface area contributed by atoms with Crippen LogP contribution in [0.15, 0.2) is 18.2 Å². The molecule has 0 radical (unpaired) electrons. The highest BCUT2D eigenvalue weighted by molar-refractivity contribution is 5.85. The fourth-order valence-electron chi connectivity index (χ4n) is 0.854. The zero-order valence-corrected chi connectivity index (χ0v) is 5.93. The van der Waals surface area contributed by atoms with Gasteiger partial charge in [-0.1, -0.05) is 6.07 Å². The summed E-state index contributed by atoms with van der Waals surface area (Å²) in [5, 5.41) is 10.2. The minimum Gasteiger partial charge on any atom is -0.545 e. The lowest BCUT2D eigenvalue weighted by atomic mass is 10.1. The number of hydrogen-bond donors (Lipinski definition) is 0. The first-order chi connectivity index (χ1) is 5.09. The first-order valence-electron chi connectivity index (χ1n) is 3.08. The van der Waals surface area contributed by atoms with E-state index in [1.807, 2.05) is 0 Å². The third kappa shape index (κ3) is 1.77. The minimum absolute atomic E-state index is 0.123. The molecule has 0 atom stereocenters. The van der Waals surface area contributed by atoms with Crippen molar-refractivity contribution in [2.24, 2.45) is 0 Å². The van der Waals surface area contributed by atoms with E-state index >= 15 is 0 Å². The molecule has 0 aliphatic heterocycles. The fraction of sp³-hybridized carbons (Fsp3) is 0.125. The van der Waals surface area contributed by atoms with Gasteiger partial charge in [-0.25, -0.2) is 4.39 Å². The summed E-state index contributed by atoms with van der Waals surface area (Å²) in [6, 6.07) is 3.55. The van der Waals surface area contributed by atoms with Crippen LogP contribution in [0.3, 0.4) is 0 Å². The van der Waals surface area contributed by atoms with Crippen molar-refractivity contribution in [3.8, 4) is 0 Å². The average Bonchev–Trinajstić information content (AvgIpc) is 1.85. The molecule has 0 saturated heterocycles. The molecule has 0 amide bonds. The van der Waals surface area contributed by atoms with E-state index < -0.39 is 11.8 Å². The van der Waals surface area contributed by atoms with Gasteiger partial charge in [-0.15, -0.1) is 0 Å². The average molecular weight is 153 g/mol. The number of carboxylic acids is 1. The van der Waals surface area contributed by atoms with Crippen molar-refractivity contribution in [1.29, 1.82) is 0 Å². The second-order valence-electron chi connectivity index (χ2n) is 2.30. The molecule has 0 N–H and O–H groups in total. The van der Waals surface area contributed by atoms with Crippen molar-refractivity contribution in [2.75, 3.05) is 0 Å². The van der Waals surface area contributed by atoms with Gasteiger partial charge in [0.05, 0.1) is 5.97 Å². The van der Waals surface area contributed by atoms with Crippen molar-refractivity contribution in [3.63, 3.8) is 0 Å². The summed E-state index contributed by atoms with van der Waals surface area (Å²) in [7, 11) is 0. The highest BCUT2D eigenvalue weighted by atomic mass is 19.1. The summed E-state index contributed by atoms with van der Waals surface area (Å²) in [5.74, 6) is -1.91.